The first-order valence-corrected chi connectivity index (χ1v) is 7.36. The second kappa shape index (κ2) is 5.98. The molecule has 0 bridgehead atoms. The number of halogens is 5. The molecule has 2 nitrogen and oxygen atoms in total. The highest BCUT2D eigenvalue weighted by molar-refractivity contribution is 6.34. The number of nitrogens with zero attached hydrogens (tertiary/aromatic N) is 1. The fraction of sp³-hybridized carbons (Fsp3) is 0.125. The van der Waals surface area contributed by atoms with E-state index in [1.165, 1.54) is 22.6 Å². The van der Waals surface area contributed by atoms with E-state index in [1.807, 2.05) is 0 Å². The van der Waals surface area contributed by atoms with Crippen molar-refractivity contribution >= 4 is 34.8 Å². The Hall–Kier alpha value is -1.85. The van der Waals surface area contributed by atoms with Crippen LogP contribution in [0, 0.1) is 0 Å². The van der Waals surface area contributed by atoms with Gasteiger partial charge >= 0.3 is 6.18 Å². The maximum atomic E-state index is 13.1. The highest BCUT2D eigenvalue weighted by Crippen LogP contribution is 2.41. The summed E-state index contributed by atoms with van der Waals surface area (Å²) in [6.45, 7) is 0.290. The van der Waals surface area contributed by atoms with Crippen LogP contribution in [0.2, 0.25) is 5.02 Å². The summed E-state index contributed by atoms with van der Waals surface area (Å²) in [5.74, 6) is -0.0284. The topological polar surface area (TPSA) is 12.5 Å². The van der Waals surface area contributed by atoms with Crippen LogP contribution in [0.15, 0.2) is 48.5 Å². The minimum absolute atomic E-state index is 0.249. The first-order chi connectivity index (χ1) is 10.9. The highest BCUT2D eigenvalue weighted by atomic mass is 35.5. The predicted molar refractivity (Wildman–Crippen MR) is 84.7 cm³/mol. The minimum atomic E-state index is -4.51. The van der Waals surface area contributed by atoms with E-state index >= 15 is 0 Å². The van der Waals surface area contributed by atoms with Gasteiger partial charge in [0, 0.05) is 11.8 Å². The molecule has 0 saturated carbocycles. The summed E-state index contributed by atoms with van der Waals surface area (Å²) < 4.78 is 46.2. The quantitative estimate of drug-likeness (QED) is 0.632. The second-order valence-corrected chi connectivity index (χ2v) is 5.66. The Morgan fingerprint density at radius 1 is 1.04 bits per heavy atom. The molecule has 1 aliphatic rings. The molecule has 0 amide bonds. The zero-order valence-corrected chi connectivity index (χ0v) is 13.1. The van der Waals surface area contributed by atoms with Gasteiger partial charge in [0.25, 0.3) is 0 Å². The highest BCUT2D eigenvalue weighted by Gasteiger charge is 2.35. The summed E-state index contributed by atoms with van der Waals surface area (Å²) in [4.78, 5) is 0. The molecule has 0 aliphatic carbocycles. The molecule has 0 aromatic heterocycles. The normalized spacial score (nSPS) is 14.3. The zero-order chi connectivity index (χ0) is 16.6. The van der Waals surface area contributed by atoms with Crippen LogP contribution >= 0.6 is 23.4 Å². The molecule has 7 heteroatoms. The first-order valence-electron chi connectivity index (χ1n) is 6.64. The molecule has 1 heterocycles. The van der Waals surface area contributed by atoms with Crippen molar-refractivity contribution in [2.75, 3.05) is 11.0 Å². The van der Waals surface area contributed by atoms with Gasteiger partial charge in [0.05, 0.1) is 28.4 Å². The summed E-state index contributed by atoms with van der Waals surface area (Å²) in [5, 5.41) is 0.351. The standard InChI is InChI=1S/C16H10Cl2F3NO/c17-11-5-3-6-12-15(11)14(8-9-22(12)18)23-13-7-2-1-4-10(13)16(19,20)21/h1-8H,9H2. The average molecular weight is 360 g/mol. The van der Waals surface area contributed by atoms with Crippen LogP contribution in [0.3, 0.4) is 0 Å². The second-order valence-electron chi connectivity index (χ2n) is 4.84. The van der Waals surface area contributed by atoms with E-state index in [0.29, 0.717) is 22.8 Å². The molecule has 0 atom stereocenters. The van der Waals surface area contributed by atoms with Crippen molar-refractivity contribution in [2.24, 2.45) is 0 Å². The number of anilines is 1. The molecule has 2 aromatic rings. The van der Waals surface area contributed by atoms with E-state index in [1.54, 1.807) is 24.3 Å². The molecule has 23 heavy (non-hydrogen) atoms. The molecular formula is C16H10Cl2F3NO. The Labute approximate surface area is 140 Å². The van der Waals surface area contributed by atoms with Gasteiger partial charge in [-0.25, -0.2) is 0 Å². The van der Waals surface area contributed by atoms with Crippen molar-refractivity contribution in [1.29, 1.82) is 0 Å². The lowest BCUT2D eigenvalue weighted by Gasteiger charge is -2.26. The molecule has 0 radical (unpaired) electrons. The summed E-state index contributed by atoms with van der Waals surface area (Å²) in [6.07, 6.45) is -2.91. The van der Waals surface area contributed by atoms with Crippen LogP contribution < -0.4 is 9.16 Å². The minimum Gasteiger partial charge on any atom is -0.456 e. The van der Waals surface area contributed by atoms with Gasteiger partial charge in [-0.15, -0.1) is 0 Å². The SMILES string of the molecule is FC(F)(F)c1ccccc1OC1=CCN(Cl)c2cccc(Cl)c21. The monoisotopic (exact) mass is 359 g/mol. The molecule has 0 fully saturated rings. The van der Waals surface area contributed by atoms with Crippen LogP contribution in [-0.2, 0) is 6.18 Å². The van der Waals surface area contributed by atoms with Gasteiger partial charge in [0.2, 0.25) is 0 Å². The van der Waals surface area contributed by atoms with E-state index in [9.17, 15) is 13.2 Å². The third-order valence-electron chi connectivity index (χ3n) is 3.35. The smallest absolute Gasteiger partial charge is 0.419 e. The molecule has 0 unspecified atom stereocenters. The van der Waals surface area contributed by atoms with Gasteiger partial charge in [-0.1, -0.05) is 29.8 Å². The largest absolute Gasteiger partial charge is 0.456 e. The van der Waals surface area contributed by atoms with E-state index in [2.05, 4.69) is 0 Å². The molecule has 3 rings (SSSR count). The van der Waals surface area contributed by atoms with Crippen LogP contribution in [0.1, 0.15) is 11.1 Å². The summed E-state index contributed by atoms with van der Waals surface area (Å²) in [6, 6.07) is 10.1. The van der Waals surface area contributed by atoms with E-state index in [4.69, 9.17) is 28.1 Å². The lowest BCUT2D eigenvalue weighted by Crippen LogP contribution is -2.19. The van der Waals surface area contributed by atoms with Gasteiger partial charge in [-0.2, -0.15) is 13.2 Å². The van der Waals surface area contributed by atoms with Crippen LogP contribution in [0.4, 0.5) is 18.9 Å². The van der Waals surface area contributed by atoms with Crippen LogP contribution in [0.5, 0.6) is 5.75 Å². The number of fused-ring (bicyclic) bond motifs is 1. The molecule has 2 aromatic carbocycles. The van der Waals surface area contributed by atoms with Crippen molar-refractivity contribution in [3.8, 4) is 5.75 Å². The number of alkyl halides is 3. The van der Waals surface area contributed by atoms with Crippen molar-refractivity contribution < 1.29 is 17.9 Å². The Bertz CT molecular complexity index is 774. The van der Waals surface area contributed by atoms with Crippen molar-refractivity contribution in [2.45, 2.75) is 6.18 Å². The molecular weight excluding hydrogens is 350 g/mol. The lowest BCUT2D eigenvalue weighted by molar-refractivity contribution is -0.138. The van der Waals surface area contributed by atoms with Gasteiger partial charge in [0.1, 0.15) is 11.5 Å². The van der Waals surface area contributed by atoms with E-state index in [-0.39, 0.29) is 11.5 Å². The zero-order valence-electron chi connectivity index (χ0n) is 11.6. The maximum absolute atomic E-state index is 13.1. The van der Waals surface area contributed by atoms with Crippen molar-refractivity contribution in [3.63, 3.8) is 0 Å². The lowest BCUT2D eigenvalue weighted by atomic mass is 10.1. The van der Waals surface area contributed by atoms with Gasteiger partial charge in [-0.3, -0.25) is 4.42 Å². The maximum Gasteiger partial charge on any atom is 0.419 e. The summed E-state index contributed by atoms with van der Waals surface area (Å²) in [7, 11) is 0. The van der Waals surface area contributed by atoms with E-state index < -0.39 is 11.7 Å². The molecule has 0 spiro atoms. The van der Waals surface area contributed by atoms with Gasteiger partial charge < -0.3 is 4.74 Å². The third-order valence-corrected chi connectivity index (χ3v) is 3.98. The predicted octanol–water partition coefficient (Wildman–Crippen LogP) is 5.75. The Balaban J connectivity index is 2.04. The van der Waals surface area contributed by atoms with Gasteiger partial charge in [0.15, 0.2) is 0 Å². The number of rotatable bonds is 2. The number of hydrogen-bond donors (Lipinski definition) is 0. The summed E-state index contributed by atoms with van der Waals surface area (Å²) >= 11 is 12.3. The summed E-state index contributed by atoms with van der Waals surface area (Å²) in [5.41, 5.74) is 0.205. The molecule has 0 saturated heterocycles. The van der Waals surface area contributed by atoms with Gasteiger partial charge in [-0.05, 0) is 30.3 Å². The molecule has 120 valence electrons. The Morgan fingerprint density at radius 3 is 2.52 bits per heavy atom. The number of para-hydroxylation sites is 1. The fourth-order valence-electron chi connectivity index (χ4n) is 2.32. The fourth-order valence-corrected chi connectivity index (χ4v) is 2.80. The van der Waals surface area contributed by atoms with Crippen molar-refractivity contribution in [3.05, 3.63) is 64.7 Å². The van der Waals surface area contributed by atoms with E-state index in [0.717, 1.165) is 6.07 Å². The van der Waals surface area contributed by atoms with Crippen LogP contribution in [0.25, 0.3) is 5.76 Å². The number of benzene rings is 2. The third kappa shape index (κ3) is 3.12. The first kappa shape index (κ1) is 16.0. The number of ether oxygens (including phenoxy) is 1. The van der Waals surface area contributed by atoms with Crippen molar-refractivity contribution in [1.82, 2.24) is 0 Å². The molecule has 0 N–H and O–H groups in total. The number of hydrogen-bond acceptors (Lipinski definition) is 2. The Morgan fingerprint density at radius 2 is 1.78 bits per heavy atom. The van der Waals surface area contributed by atoms with Crippen LogP contribution in [-0.4, -0.2) is 6.54 Å². The molecule has 1 aliphatic heterocycles. The Kier molecular flexibility index (Phi) is 4.17. The average Bonchev–Trinajstić information content (AvgIpc) is 2.50.